The molecule has 2 N–H and O–H groups in total. The molecular formula is C23H27N5O4S. The van der Waals surface area contributed by atoms with Crippen molar-refractivity contribution in [2.24, 2.45) is 7.05 Å². The number of carbonyl (C=O) groups excluding carboxylic acids is 2. The van der Waals surface area contributed by atoms with Crippen molar-refractivity contribution in [3.63, 3.8) is 0 Å². The highest BCUT2D eigenvalue weighted by Gasteiger charge is 2.28. The Labute approximate surface area is 193 Å². The molecule has 0 aliphatic carbocycles. The van der Waals surface area contributed by atoms with Crippen molar-refractivity contribution in [1.82, 2.24) is 9.78 Å². The number of nitrogens with one attached hydrogen (secondary N) is 2. The molecule has 3 aromatic rings. The Morgan fingerprint density at radius 2 is 1.76 bits per heavy atom. The molecule has 0 fully saturated rings. The lowest BCUT2D eigenvalue weighted by Gasteiger charge is -2.21. The number of anilines is 3. The number of nitrogens with zero attached hydrogens (tertiary/aromatic N) is 3. The average Bonchev–Trinajstić information content (AvgIpc) is 3.14. The molecule has 0 unspecified atom stereocenters. The van der Waals surface area contributed by atoms with Crippen LogP contribution in [0.25, 0.3) is 0 Å². The minimum atomic E-state index is -3.92. The van der Waals surface area contributed by atoms with E-state index in [0.29, 0.717) is 17.8 Å². The van der Waals surface area contributed by atoms with Gasteiger partial charge >= 0.3 is 0 Å². The first-order valence-electron chi connectivity index (χ1n) is 10.3. The second kappa shape index (κ2) is 9.45. The van der Waals surface area contributed by atoms with E-state index in [-0.39, 0.29) is 22.2 Å². The van der Waals surface area contributed by atoms with Crippen molar-refractivity contribution in [3.05, 3.63) is 65.4 Å². The number of rotatable bonds is 7. The summed E-state index contributed by atoms with van der Waals surface area (Å²) >= 11 is 0. The highest BCUT2D eigenvalue weighted by atomic mass is 32.2. The molecule has 0 saturated carbocycles. The van der Waals surface area contributed by atoms with Gasteiger partial charge in [-0.1, -0.05) is 30.7 Å². The minimum Gasteiger partial charge on any atom is -0.326 e. The number of sulfonamides is 1. The summed E-state index contributed by atoms with van der Waals surface area (Å²) in [5.41, 5.74) is 2.96. The summed E-state index contributed by atoms with van der Waals surface area (Å²) in [5, 5.41) is 9.64. The van der Waals surface area contributed by atoms with Crippen molar-refractivity contribution in [2.45, 2.75) is 32.1 Å². The third kappa shape index (κ3) is 5.06. The maximum absolute atomic E-state index is 13.2. The van der Waals surface area contributed by atoms with E-state index in [0.717, 1.165) is 15.4 Å². The fraction of sp³-hybridized carbons (Fsp3) is 0.261. The summed E-state index contributed by atoms with van der Waals surface area (Å²) < 4.78 is 28.8. The Kier molecular flexibility index (Phi) is 6.87. The van der Waals surface area contributed by atoms with Gasteiger partial charge in [-0.05, 0) is 43.2 Å². The quantitative estimate of drug-likeness (QED) is 0.551. The van der Waals surface area contributed by atoms with Gasteiger partial charge in [0.1, 0.15) is 5.56 Å². The third-order valence-electron chi connectivity index (χ3n) is 5.19. The monoisotopic (exact) mass is 469 g/mol. The van der Waals surface area contributed by atoms with Crippen LogP contribution in [0.3, 0.4) is 0 Å². The van der Waals surface area contributed by atoms with Crippen LogP contribution in [-0.2, 0) is 28.3 Å². The van der Waals surface area contributed by atoms with Crippen LogP contribution < -0.4 is 14.9 Å². The van der Waals surface area contributed by atoms with Crippen LogP contribution in [0.1, 0.15) is 35.3 Å². The number of amides is 2. The molecule has 0 bridgehead atoms. The van der Waals surface area contributed by atoms with Gasteiger partial charge in [-0.3, -0.25) is 18.6 Å². The largest absolute Gasteiger partial charge is 0.326 e. The van der Waals surface area contributed by atoms with Crippen LogP contribution in [0, 0.1) is 6.92 Å². The molecular weight excluding hydrogens is 442 g/mol. The van der Waals surface area contributed by atoms with Gasteiger partial charge in [-0.15, -0.1) is 0 Å². The molecule has 174 valence electrons. The van der Waals surface area contributed by atoms with Crippen molar-refractivity contribution in [3.8, 4) is 0 Å². The molecule has 0 saturated heterocycles. The SMILES string of the molecule is CCc1ccc(NC(C)=O)cc1NC(=O)c1cnn(C)c1N(C)S(=O)(=O)c1ccc(C)cc1. The molecule has 0 radical (unpaired) electrons. The normalized spacial score (nSPS) is 11.2. The lowest BCUT2D eigenvalue weighted by molar-refractivity contribution is -0.114. The number of aryl methyl sites for hydroxylation is 3. The average molecular weight is 470 g/mol. The van der Waals surface area contributed by atoms with Gasteiger partial charge in [0.15, 0.2) is 5.82 Å². The molecule has 9 nitrogen and oxygen atoms in total. The van der Waals surface area contributed by atoms with Gasteiger partial charge < -0.3 is 10.6 Å². The smallest absolute Gasteiger partial charge is 0.265 e. The lowest BCUT2D eigenvalue weighted by Crippen LogP contribution is -2.30. The molecule has 0 aliphatic heterocycles. The van der Waals surface area contributed by atoms with Crippen molar-refractivity contribution < 1.29 is 18.0 Å². The fourth-order valence-corrected chi connectivity index (χ4v) is 4.66. The predicted molar refractivity (Wildman–Crippen MR) is 128 cm³/mol. The van der Waals surface area contributed by atoms with Gasteiger partial charge in [-0.25, -0.2) is 8.42 Å². The molecule has 2 aromatic carbocycles. The Bertz CT molecular complexity index is 1300. The standard InChI is InChI=1S/C23H27N5O4S/c1-6-17-9-10-18(25-16(3)29)13-21(17)26-22(30)20-14-24-27(4)23(20)28(5)33(31,32)19-11-7-15(2)8-12-19/h7-14H,6H2,1-5H3,(H,25,29)(H,26,30). The predicted octanol–water partition coefficient (Wildman–Crippen LogP) is 3.33. The third-order valence-corrected chi connectivity index (χ3v) is 6.95. The van der Waals surface area contributed by atoms with E-state index in [2.05, 4.69) is 15.7 Å². The minimum absolute atomic E-state index is 0.0997. The number of benzene rings is 2. The number of aromatic nitrogens is 2. The van der Waals surface area contributed by atoms with Crippen molar-refractivity contribution in [1.29, 1.82) is 0 Å². The molecule has 1 heterocycles. The van der Waals surface area contributed by atoms with Gasteiger partial charge in [0, 0.05) is 32.4 Å². The Morgan fingerprint density at radius 3 is 2.36 bits per heavy atom. The van der Waals surface area contributed by atoms with E-state index in [1.807, 2.05) is 19.9 Å². The first-order chi connectivity index (χ1) is 15.5. The van der Waals surface area contributed by atoms with E-state index >= 15 is 0 Å². The summed E-state index contributed by atoms with van der Waals surface area (Å²) in [6.07, 6.45) is 1.98. The maximum Gasteiger partial charge on any atom is 0.265 e. The molecule has 0 atom stereocenters. The highest BCUT2D eigenvalue weighted by molar-refractivity contribution is 7.92. The van der Waals surface area contributed by atoms with E-state index < -0.39 is 15.9 Å². The van der Waals surface area contributed by atoms with Crippen LogP contribution in [0.5, 0.6) is 0 Å². The molecule has 0 spiro atoms. The Morgan fingerprint density at radius 1 is 1.09 bits per heavy atom. The summed E-state index contributed by atoms with van der Waals surface area (Å²) in [6.45, 7) is 5.22. The van der Waals surface area contributed by atoms with Crippen LogP contribution in [0.15, 0.2) is 53.6 Å². The van der Waals surface area contributed by atoms with Gasteiger partial charge in [0.25, 0.3) is 15.9 Å². The number of carbonyl (C=O) groups is 2. The number of hydrogen-bond acceptors (Lipinski definition) is 5. The Balaban J connectivity index is 1.96. The van der Waals surface area contributed by atoms with E-state index in [4.69, 9.17) is 0 Å². The zero-order valence-electron chi connectivity index (χ0n) is 19.2. The Hall–Kier alpha value is -3.66. The zero-order valence-corrected chi connectivity index (χ0v) is 20.0. The molecule has 3 rings (SSSR count). The first kappa shape index (κ1) is 24.0. The molecule has 33 heavy (non-hydrogen) atoms. The highest BCUT2D eigenvalue weighted by Crippen LogP contribution is 2.28. The lowest BCUT2D eigenvalue weighted by atomic mass is 10.1. The molecule has 0 aliphatic rings. The van der Waals surface area contributed by atoms with Gasteiger partial charge in [0.05, 0.1) is 11.1 Å². The second-order valence-electron chi connectivity index (χ2n) is 7.65. The summed E-state index contributed by atoms with van der Waals surface area (Å²) in [7, 11) is -0.960. The van der Waals surface area contributed by atoms with Crippen molar-refractivity contribution >= 4 is 39.0 Å². The number of hydrogen-bond donors (Lipinski definition) is 2. The summed E-state index contributed by atoms with van der Waals surface area (Å²) in [6, 6.07) is 11.7. The van der Waals surface area contributed by atoms with Crippen LogP contribution in [0.2, 0.25) is 0 Å². The van der Waals surface area contributed by atoms with Gasteiger partial charge in [-0.2, -0.15) is 5.10 Å². The van der Waals surface area contributed by atoms with E-state index in [9.17, 15) is 18.0 Å². The second-order valence-corrected chi connectivity index (χ2v) is 9.62. The summed E-state index contributed by atoms with van der Waals surface area (Å²) in [4.78, 5) is 24.7. The molecule has 10 heteroatoms. The topological polar surface area (TPSA) is 113 Å². The first-order valence-corrected chi connectivity index (χ1v) is 11.8. The fourth-order valence-electron chi connectivity index (χ4n) is 3.42. The maximum atomic E-state index is 13.2. The van der Waals surface area contributed by atoms with Crippen LogP contribution >= 0.6 is 0 Å². The van der Waals surface area contributed by atoms with E-state index in [1.165, 1.54) is 37.0 Å². The van der Waals surface area contributed by atoms with Crippen molar-refractivity contribution in [2.75, 3.05) is 22.0 Å². The van der Waals surface area contributed by atoms with E-state index in [1.54, 1.807) is 31.3 Å². The summed E-state index contributed by atoms with van der Waals surface area (Å²) in [5.74, 6) is -0.614. The molecule has 1 aromatic heterocycles. The van der Waals surface area contributed by atoms with Gasteiger partial charge in [0.2, 0.25) is 5.91 Å². The zero-order chi connectivity index (χ0) is 24.3. The van der Waals surface area contributed by atoms with Crippen LogP contribution in [-0.4, -0.2) is 37.1 Å². The molecule has 2 amide bonds. The van der Waals surface area contributed by atoms with Crippen LogP contribution in [0.4, 0.5) is 17.2 Å².